The maximum atomic E-state index is 13.2. The summed E-state index contributed by atoms with van der Waals surface area (Å²) in [6.07, 6.45) is -6.30. The zero-order chi connectivity index (χ0) is 19.5. The van der Waals surface area contributed by atoms with E-state index in [1.165, 1.54) is 6.92 Å². The SMILES string of the molecule is CCP(=O)(COS(=O)(=O)c1c(OC)cccc1C(F)(F)F)OC(C)C. The van der Waals surface area contributed by atoms with Crippen molar-refractivity contribution in [2.24, 2.45) is 0 Å². The molecule has 0 amide bonds. The monoisotopic (exact) mass is 404 g/mol. The Balaban J connectivity index is 3.29. The van der Waals surface area contributed by atoms with Crippen molar-refractivity contribution in [2.75, 3.05) is 19.6 Å². The minimum absolute atomic E-state index is 0.0290. The number of ether oxygens (including phenoxy) is 1. The molecule has 1 aromatic rings. The summed E-state index contributed by atoms with van der Waals surface area (Å²) in [5, 5.41) is 0. The Morgan fingerprint density at radius 3 is 2.28 bits per heavy atom. The molecular formula is C14H20F3O6PS. The zero-order valence-electron chi connectivity index (χ0n) is 14.2. The summed E-state index contributed by atoms with van der Waals surface area (Å²) in [6, 6.07) is 2.68. The number of methoxy groups -OCH3 is 1. The van der Waals surface area contributed by atoms with E-state index in [1.54, 1.807) is 13.8 Å². The highest BCUT2D eigenvalue weighted by atomic mass is 32.2. The molecule has 0 aliphatic carbocycles. The van der Waals surface area contributed by atoms with Crippen molar-refractivity contribution in [1.29, 1.82) is 0 Å². The van der Waals surface area contributed by atoms with Crippen molar-refractivity contribution >= 4 is 17.5 Å². The number of benzene rings is 1. The molecule has 0 aromatic heterocycles. The predicted molar refractivity (Wildman–Crippen MR) is 85.5 cm³/mol. The molecule has 144 valence electrons. The molecule has 0 N–H and O–H groups in total. The fraction of sp³-hybridized carbons (Fsp3) is 0.571. The molecule has 25 heavy (non-hydrogen) atoms. The van der Waals surface area contributed by atoms with Gasteiger partial charge < -0.3 is 9.26 Å². The van der Waals surface area contributed by atoms with E-state index in [-0.39, 0.29) is 6.16 Å². The van der Waals surface area contributed by atoms with Gasteiger partial charge in [0.2, 0.25) is 7.37 Å². The van der Waals surface area contributed by atoms with E-state index in [1.807, 2.05) is 0 Å². The molecule has 11 heteroatoms. The first-order chi connectivity index (χ1) is 11.4. The first-order valence-corrected chi connectivity index (χ1v) is 10.7. The third kappa shape index (κ3) is 5.70. The van der Waals surface area contributed by atoms with Gasteiger partial charge in [-0.15, -0.1) is 0 Å². The van der Waals surface area contributed by atoms with E-state index in [9.17, 15) is 26.2 Å². The van der Waals surface area contributed by atoms with Crippen LogP contribution in [0.5, 0.6) is 5.75 Å². The van der Waals surface area contributed by atoms with Crippen molar-refractivity contribution in [3.63, 3.8) is 0 Å². The van der Waals surface area contributed by atoms with Crippen LogP contribution in [0.15, 0.2) is 23.1 Å². The molecule has 0 radical (unpaired) electrons. The smallest absolute Gasteiger partial charge is 0.417 e. The first kappa shape index (κ1) is 22.0. The molecule has 1 rings (SSSR count). The summed E-state index contributed by atoms with van der Waals surface area (Å²) < 4.78 is 91.2. The van der Waals surface area contributed by atoms with Crippen LogP contribution < -0.4 is 4.74 Å². The molecule has 0 saturated carbocycles. The molecule has 0 aliphatic rings. The lowest BCUT2D eigenvalue weighted by atomic mass is 10.2. The second kappa shape index (κ2) is 8.07. The lowest BCUT2D eigenvalue weighted by molar-refractivity contribution is -0.140. The highest BCUT2D eigenvalue weighted by Crippen LogP contribution is 2.49. The first-order valence-electron chi connectivity index (χ1n) is 7.26. The molecule has 1 atom stereocenters. The van der Waals surface area contributed by atoms with Gasteiger partial charge in [-0.25, -0.2) is 0 Å². The van der Waals surface area contributed by atoms with Gasteiger partial charge in [-0.2, -0.15) is 21.6 Å². The lowest BCUT2D eigenvalue weighted by Crippen LogP contribution is -2.18. The minimum atomic E-state index is -4.94. The van der Waals surface area contributed by atoms with Crippen LogP contribution in [-0.4, -0.2) is 34.1 Å². The predicted octanol–water partition coefficient (Wildman–Crippen LogP) is 4.10. The number of rotatable bonds is 8. The average molecular weight is 404 g/mol. The summed E-state index contributed by atoms with van der Waals surface area (Å²) in [5.41, 5.74) is -1.43. The minimum Gasteiger partial charge on any atom is -0.495 e. The maximum Gasteiger partial charge on any atom is 0.417 e. The summed E-state index contributed by atoms with van der Waals surface area (Å²) in [6.45, 7) is 4.70. The van der Waals surface area contributed by atoms with Crippen molar-refractivity contribution < 1.29 is 39.6 Å². The standard InChI is InChI=1S/C14H20F3O6PS/c1-5-24(18,23-10(2)3)9-22-25(19,20)13-11(14(15,16)17)7-6-8-12(13)21-4/h6-8,10H,5,9H2,1-4H3. The molecule has 0 fully saturated rings. The van der Waals surface area contributed by atoms with Crippen LogP contribution in [0.1, 0.15) is 26.3 Å². The van der Waals surface area contributed by atoms with Crippen LogP contribution in [0, 0.1) is 0 Å². The van der Waals surface area contributed by atoms with Crippen LogP contribution >= 0.6 is 7.37 Å². The lowest BCUT2D eigenvalue weighted by Gasteiger charge is -2.20. The Hall–Kier alpha value is -1.09. The fourth-order valence-corrected chi connectivity index (χ4v) is 5.27. The molecule has 0 heterocycles. The van der Waals surface area contributed by atoms with E-state index in [0.29, 0.717) is 6.07 Å². The van der Waals surface area contributed by atoms with Crippen molar-refractivity contribution in [1.82, 2.24) is 0 Å². The van der Waals surface area contributed by atoms with Gasteiger partial charge in [0.25, 0.3) is 0 Å². The van der Waals surface area contributed by atoms with Crippen LogP contribution in [-0.2, 0) is 29.6 Å². The third-order valence-electron chi connectivity index (χ3n) is 3.04. The highest BCUT2D eigenvalue weighted by Gasteiger charge is 2.40. The van der Waals surface area contributed by atoms with E-state index in [2.05, 4.69) is 4.18 Å². The summed E-state index contributed by atoms with van der Waals surface area (Å²) in [5.74, 6) is -0.522. The molecule has 1 aromatic carbocycles. The van der Waals surface area contributed by atoms with Gasteiger partial charge in [0.05, 0.1) is 18.8 Å². The molecule has 6 nitrogen and oxygen atoms in total. The molecule has 0 aliphatic heterocycles. The third-order valence-corrected chi connectivity index (χ3v) is 6.86. The summed E-state index contributed by atoms with van der Waals surface area (Å²) in [4.78, 5) is -1.16. The Morgan fingerprint density at radius 1 is 1.24 bits per heavy atom. The van der Waals surface area contributed by atoms with E-state index < -0.39 is 52.3 Å². The molecule has 0 bridgehead atoms. The van der Waals surface area contributed by atoms with Gasteiger partial charge in [0, 0.05) is 6.16 Å². The van der Waals surface area contributed by atoms with Crippen LogP contribution in [0.2, 0.25) is 0 Å². The molecule has 0 spiro atoms. The van der Waals surface area contributed by atoms with E-state index >= 15 is 0 Å². The number of hydrogen-bond donors (Lipinski definition) is 0. The van der Waals surface area contributed by atoms with Crippen molar-refractivity contribution in [3.8, 4) is 5.75 Å². The van der Waals surface area contributed by atoms with Crippen LogP contribution in [0.3, 0.4) is 0 Å². The molecular weight excluding hydrogens is 384 g/mol. The van der Waals surface area contributed by atoms with Crippen molar-refractivity contribution in [2.45, 2.75) is 37.9 Å². The second-order valence-electron chi connectivity index (χ2n) is 5.32. The maximum absolute atomic E-state index is 13.2. The van der Waals surface area contributed by atoms with E-state index in [0.717, 1.165) is 19.2 Å². The van der Waals surface area contributed by atoms with Gasteiger partial charge in [0.1, 0.15) is 17.0 Å². The van der Waals surface area contributed by atoms with Crippen LogP contribution in [0.4, 0.5) is 13.2 Å². The fourth-order valence-electron chi connectivity index (χ4n) is 1.95. The van der Waals surface area contributed by atoms with Gasteiger partial charge in [-0.1, -0.05) is 13.0 Å². The Labute approximate surface area is 144 Å². The van der Waals surface area contributed by atoms with Gasteiger partial charge in [0.15, 0.2) is 0 Å². The Morgan fingerprint density at radius 2 is 1.84 bits per heavy atom. The second-order valence-corrected chi connectivity index (χ2v) is 9.60. The quantitative estimate of drug-likeness (QED) is 0.480. The topological polar surface area (TPSA) is 78.9 Å². The Kier molecular flexibility index (Phi) is 7.09. The van der Waals surface area contributed by atoms with Gasteiger partial charge in [-0.05, 0) is 26.0 Å². The van der Waals surface area contributed by atoms with Gasteiger partial charge >= 0.3 is 16.3 Å². The highest BCUT2D eigenvalue weighted by molar-refractivity contribution is 7.87. The number of hydrogen-bond acceptors (Lipinski definition) is 6. The average Bonchev–Trinajstić information content (AvgIpc) is 2.51. The van der Waals surface area contributed by atoms with Gasteiger partial charge in [-0.3, -0.25) is 8.75 Å². The zero-order valence-corrected chi connectivity index (χ0v) is 15.9. The molecule has 1 unspecified atom stereocenters. The Bertz CT molecular complexity index is 745. The molecule has 0 saturated heterocycles. The van der Waals surface area contributed by atoms with Crippen molar-refractivity contribution in [3.05, 3.63) is 23.8 Å². The largest absolute Gasteiger partial charge is 0.495 e. The normalized spacial score (nSPS) is 15.2. The summed E-state index contributed by atoms with van der Waals surface area (Å²) >= 11 is 0. The number of halogens is 3. The number of alkyl halides is 3. The van der Waals surface area contributed by atoms with Crippen LogP contribution in [0.25, 0.3) is 0 Å². The summed E-state index contributed by atoms with van der Waals surface area (Å²) in [7, 11) is -7.33. The van der Waals surface area contributed by atoms with E-state index in [4.69, 9.17) is 9.26 Å².